The SMILES string of the molecule is CC(C)(C)OO.Cl.Cl.FC(F)Oc1ccc(C2(c3cccc(Br)c3)NC(=S)N3CC4(CCC4)CN=C32)cc1.FC(F)Oc1ccc(C2(c3cccc(Br)c3)NC(=S)SC2=S)cc1.NC1=NC(c2ccc(OC(F)F)cc2)(c2cccc(-c3cccnc3F)c2)C2=NCC3(CCC3)CN12.NC1=NC(c2ccc(OC(F)F)cc2)(c2cccc(Br)c2)C2=NCC3(CCC3)CN12.NCC1(CN)COC1.O=Bc1cccnc1F. The predicted molar refractivity (Wildman–Crippen MR) is 568 cm³/mol. The van der Waals surface area contributed by atoms with Crippen LogP contribution in [0.2, 0.25) is 0 Å². The van der Waals surface area contributed by atoms with Crippen molar-refractivity contribution in [1.82, 2.24) is 35.3 Å². The molecule has 3 saturated heterocycles. The van der Waals surface area contributed by atoms with Crippen molar-refractivity contribution in [1.29, 1.82) is 0 Å². The molecule has 24 nitrogen and oxygen atoms in total. The van der Waals surface area contributed by atoms with Crippen LogP contribution in [0, 0.1) is 33.6 Å². The molecule has 766 valence electrons. The topological polar surface area (TPSA) is 318 Å². The van der Waals surface area contributed by atoms with E-state index >= 15 is 0 Å². The summed E-state index contributed by atoms with van der Waals surface area (Å²) in [5.74, 6) is 2.20. The molecule has 8 aromatic carbocycles. The zero-order valence-corrected chi connectivity index (χ0v) is 87.9. The van der Waals surface area contributed by atoms with Crippen LogP contribution in [0.4, 0.5) is 43.9 Å². The van der Waals surface area contributed by atoms with Crippen molar-refractivity contribution in [3.05, 3.63) is 301 Å². The second-order valence-corrected chi connectivity index (χ2v) is 42.5. The van der Waals surface area contributed by atoms with Crippen molar-refractivity contribution in [3.8, 4) is 34.1 Å². The first-order valence-electron chi connectivity index (χ1n) is 45.5. The van der Waals surface area contributed by atoms with Crippen LogP contribution in [-0.2, 0) is 36.5 Å². The zero-order valence-electron chi connectivity index (χ0n) is 78.2. The van der Waals surface area contributed by atoms with Crippen LogP contribution in [0.3, 0.4) is 0 Å². The maximum absolute atomic E-state index is 14.5. The molecule has 2 aromatic heterocycles. The van der Waals surface area contributed by atoms with Crippen molar-refractivity contribution >= 4 is 177 Å². The number of benzene rings is 8. The normalized spacial score (nSPS) is 21.3. The molecule has 6 fully saturated rings. The predicted octanol–water partition coefficient (Wildman–Crippen LogP) is 20.7. The number of fused-ring (bicyclic) bond motifs is 3. The number of nitrogens with one attached hydrogen (secondary N) is 2. The van der Waals surface area contributed by atoms with E-state index in [4.69, 9.17) is 94.5 Å². The van der Waals surface area contributed by atoms with E-state index in [9.17, 15) is 48.6 Å². The van der Waals surface area contributed by atoms with Crippen LogP contribution < -0.4 is 58.0 Å². The first-order chi connectivity index (χ1) is 68.4. The summed E-state index contributed by atoms with van der Waals surface area (Å²) in [7, 11) is 0.433. The van der Waals surface area contributed by atoms with Gasteiger partial charge in [-0.25, -0.2) is 19.9 Å². The Hall–Kier alpha value is -10.2. The van der Waals surface area contributed by atoms with E-state index in [1.165, 1.54) is 105 Å². The second-order valence-electron chi connectivity index (χ2n) is 37.0. The second kappa shape index (κ2) is 47.5. The quantitative estimate of drug-likeness (QED) is 0.00931. The standard InChI is InChI=1S/C27H24F3N5O.C22H21BrF2N4O.C22H20BrF2N3OS.C16H10BrF2NOS3.C5H3BFNO.C5H12N2O.C4H10O2.2ClH/c28-22-21(6-2-13-32-22)17-4-1-5-19(14-17)27(18-7-9-20(10-8-18)36-24(29)30)23-33-15-26(11-3-12-26)16-35(23)25(31)34-27;23-16-4-1-3-15(11-16)22(14-5-7-17(8-6-14)30-19(24)25)18-27-12-21(9-2-10-21)13-29(18)20(26)28-22;23-16-4-1-3-15(11-16)22(14-5-7-17(8-6-14)29-19(24)25)18-26-12-21(9-2-10-21)13-28(18)20(30)27-22;17-11-3-1-2-10(8-11)16(13(22)24-15(23)20-16)9-4-6-12(7-5-9)21-14(18)19;7-5-4(6-9)2-1-3-8-5;6-1-5(2-7)3-8-4-5;1-4(2,3)6-5;;/h1-2,4-10,13-14,24H,3,11-12,15-16H2,(H2,31,34);1,3-8,11,19H,2,9-10,12-13H2,(H2,26,28);1,3-8,11,19H,2,9-10,12-13H2,(H,27,30);1-8,14H,(H,20,23);1-3H;1-4,6-7H2;5H,1-3H3;2*1H. The Morgan fingerprint density at radius 1 is 0.476 bits per heavy atom. The molecule has 145 heavy (non-hydrogen) atoms. The van der Waals surface area contributed by atoms with Crippen molar-refractivity contribution in [2.24, 2.45) is 69.6 Å². The van der Waals surface area contributed by atoms with E-state index in [1.54, 1.807) is 93.6 Å². The van der Waals surface area contributed by atoms with Gasteiger partial charge in [0.25, 0.3) is 0 Å². The molecule has 0 bridgehead atoms. The monoisotopic (exact) mass is 2300 g/mol. The third-order valence-electron chi connectivity index (χ3n) is 26.6. The molecule has 0 radical (unpaired) electrons. The van der Waals surface area contributed by atoms with Gasteiger partial charge in [0.2, 0.25) is 5.95 Å². The van der Waals surface area contributed by atoms with Gasteiger partial charge in [-0.15, -0.1) is 24.8 Å². The fraction of sp³-hybridized carbons (Fsp3) is 0.347. The number of thiocarbonyl (C=S) groups is 3. The van der Waals surface area contributed by atoms with Crippen LogP contribution >= 0.6 is 121 Å². The van der Waals surface area contributed by atoms with Gasteiger partial charge in [-0.2, -0.15) is 39.5 Å². The number of aliphatic imine (C=N–C) groups is 5. The molecule has 11 aliphatic rings. The van der Waals surface area contributed by atoms with Gasteiger partial charge in [0.15, 0.2) is 28.1 Å². The Balaban J connectivity index is 0.000000151. The Bertz CT molecular complexity index is 6430. The molecule has 8 aliphatic heterocycles. The maximum atomic E-state index is 14.5. The summed E-state index contributed by atoms with van der Waals surface area (Å²) >= 11 is 28.5. The van der Waals surface area contributed by atoms with E-state index in [2.05, 4.69) is 97.1 Å². The van der Waals surface area contributed by atoms with Crippen LogP contribution in [-0.4, -0.2) is 178 Å². The molecule has 4 atom stereocenters. The van der Waals surface area contributed by atoms with Crippen molar-refractivity contribution < 1.29 is 82.4 Å². The number of amidine groups is 3. The average Bonchev–Trinajstić information content (AvgIpc) is 1.56. The molecule has 4 unspecified atom stereocenters. The molecule has 3 aliphatic carbocycles. The summed E-state index contributed by atoms with van der Waals surface area (Å²) < 4.78 is 164. The van der Waals surface area contributed by atoms with E-state index in [0.29, 0.717) is 74.9 Å². The van der Waals surface area contributed by atoms with Crippen LogP contribution in [0.1, 0.15) is 123 Å². The third kappa shape index (κ3) is 24.5. The molecule has 3 saturated carbocycles. The van der Waals surface area contributed by atoms with E-state index in [0.717, 1.165) is 136 Å². The van der Waals surface area contributed by atoms with Crippen molar-refractivity contribution in [2.45, 2.75) is 133 Å². The molecule has 0 amide bonds. The van der Waals surface area contributed by atoms with Crippen LogP contribution in [0.15, 0.2) is 269 Å². The Morgan fingerprint density at radius 2 is 0.841 bits per heavy atom. The summed E-state index contributed by atoms with van der Waals surface area (Å²) in [4.78, 5) is 42.1. The number of pyridine rings is 2. The number of hydrogen-bond acceptors (Lipinski definition) is 25. The fourth-order valence-electron chi connectivity index (χ4n) is 18.7. The molecule has 3 spiro atoms. The number of alkyl halides is 8. The van der Waals surface area contributed by atoms with Gasteiger partial charge >= 0.3 is 77.4 Å². The first-order valence-corrected chi connectivity index (χ1v) is 49.9. The fourth-order valence-corrected chi connectivity index (χ4v) is 22.1. The van der Waals surface area contributed by atoms with Gasteiger partial charge < -0.3 is 62.2 Å². The Morgan fingerprint density at radius 3 is 1.18 bits per heavy atom. The Kier molecular flexibility index (Phi) is 36.7. The number of hydrogen-bond donors (Lipinski definition) is 7. The number of rotatable bonds is 20. The molecule has 11 N–H and O–H groups in total. The number of guanidine groups is 2. The van der Waals surface area contributed by atoms with Crippen LogP contribution in [0.25, 0.3) is 11.1 Å². The molecular formula is C101H102BBr3Cl2F10N16O8S4. The van der Waals surface area contributed by atoms with Gasteiger partial charge in [-0.05, 0) is 225 Å². The average molecular weight is 2310 g/mol. The molecule has 10 heterocycles. The van der Waals surface area contributed by atoms with E-state index in [-0.39, 0.29) is 74.9 Å². The first kappa shape index (κ1) is 112. The van der Waals surface area contributed by atoms with Gasteiger partial charge in [0.1, 0.15) is 55.9 Å². The molecular weight excluding hydrogens is 2200 g/mol. The number of aromatic nitrogens is 2. The summed E-state index contributed by atoms with van der Waals surface area (Å²) in [6, 6.07) is 63.4. The minimum absolute atomic E-state index is 0. The summed E-state index contributed by atoms with van der Waals surface area (Å²) in [5.41, 5.74) is 28.1. The molecule has 10 aromatic rings. The van der Waals surface area contributed by atoms with E-state index < -0.39 is 66.1 Å². The van der Waals surface area contributed by atoms with Crippen molar-refractivity contribution in [3.63, 3.8) is 0 Å². The molecule has 21 rings (SSSR count). The zero-order chi connectivity index (χ0) is 102. The summed E-state index contributed by atoms with van der Waals surface area (Å²) in [6.45, 7) is 1.23. The summed E-state index contributed by atoms with van der Waals surface area (Å²) in [5, 5.41) is 15.4. The number of nitrogens with two attached hydrogens (primary N) is 4. The van der Waals surface area contributed by atoms with E-state index in [1.807, 2.05) is 107 Å². The van der Waals surface area contributed by atoms with Crippen LogP contribution in [0.5, 0.6) is 23.0 Å². The van der Waals surface area contributed by atoms with Crippen molar-refractivity contribution in [2.75, 3.05) is 65.6 Å². The van der Waals surface area contributed by atoms with Gasteiger partial charge in [-0.3, -0.25) is 30.0 Å². The number of thioether (sulfide) groups is 1. The number of ether oxygens (including phenoxy) is 5. The van der Waals surface area contributed by atoms with Gasteiger partial charge in [-0.1, -0.05) is 206 Å². The summed E-state index contributed by atoms with van der Waals surface area (Å²) in [6.07, 6.45) is 13.2. The number of halogens is 15. The third-order valence-corrected chi connectivity index (χ3v) is 30.1. The number of nitrogens with zero attached hydrogens (tertiary/aromatic N) is 10. The minimum atomic E-state index is -2.92. The van der Waals surface area contributed by atoms with Gasteiger partial charge in [0, 0.05) is 99.2 Å². The van der Waals surface area contributed by atoms with Gasteiger partial charge in [0.05, 0.1) is 23.0 Å². The molecule has 44 heteroatoms. The Labute approximate surface area is 890 Å².